The van der Waals surface area contributed by atoms with E-state index in [2.05, 4.69) is 0 Å². The van der Waals surface area contributed by atoms with E-state index in [4.69, 9.17) is 14.2 Å². The van der Waals surface area contributed by atoms with E-state index in [1.165, 1.54) is 12.2 Å². The van der Waals surface area contributed by atoms with Crippen LogP contribution in [0.1, 0.15) is 27.7 Å². The molecule has 1 fully saturated rings. The van der Waals surface area contributed by atoms with E-state index in [9.17, 15) is 9.59 Å². The quantitative estimate of drug-likeness (QED) is 0.557. The van der Waals surface area contributed by atoms with Crippen molar-refractivity contribution in [1.29, 1.82) is 0 Å². The van der Waals surface area contributed by atoms with Gasteiger partial charge < -0.3 is 14.2 Å². The molecule has 0 radical (unpaired) electrons. The Hall–Kier alpha value is -1.52. The second kappa shape index (κ2) is 5.21. The molecule has 0 aromatic carbocycles. The maximum atomic E-state index is 11.2. The number of esters is 1. The number of ether oxygens (including phenoxy) is 3. The summed E-state index contributed by atoms with van der Waals surface area (Å²) in [5, 5.41) is 0. The SMILES string of the molecule is CCOC(=O)/C=C/[C@@]1(C)OC(=O)O[C@@H]1C(C)C. The van der Waals surface area contributed by atoms with Gasteiger partial charge in [-0.05, 0) is 25.8 Å². The van der Waals surface area contributed by atoms with Gasteiger partial charge in [0.25, 0.3) is 0 Å². The molecule has 0 spiro atoms. The Balaban J connectivity index is 2.78. The highest BCUT2D eigenvalue weighted by molar-refractivity contribution is 5.82. The van der Waals surface area contributed by atoms with Crippen molar-refractivity contribution in [2.24, 2.45) is 5.92 Å². The standard InChI is InChI=1S/C12H18O5/c1-5-15-9(13)6-7-12(4)10(8(2)3)16-11(14)17-12/h6-8,10H,5H2,1-4H3/b7-6+/t10-,12-/m1/s1. The van der Waals surface area contributed by atoms with Crippen molar-refractivity contribution in [3.05, 3.63) is 12.2 Å². The average Bonchev–Trinajstić information content (AvgIpc) is 2.53. The zero-order chi connectivity index (χ0) is 13.1. The number of carbonyl (C=O) groups excluding carboxylic acids is 2. The molecule has 1 aliphatic heterocycles. The summed E-state index contributed by atoms with van der Waals surface area (Å²) in [5.41, 5.74) is -0.919. The van der Waals surface area contributed by atoms with E-state index in [0.29, 0.717) is 6.61 Å². The summed E-state index contributed by atoms with van der Waals surface area (Å²) in [6.07, 6.45) is 1.67. The molecule has 17 heavy (non-hydrogen) atoms. The van der Waals surface area contributed by atoms with E-state index in [0.717, 1.165) is 0 Å². The molecule has 1 saturated heterocycles. The van der Waals surface area contributed by atoms with Crippen LogP contribution in [0.4, 0.5) is 4.79 Å². The molecule has 0 unspecified atom stereocenters. The first kappa shape index (κ1) is 13.5. The maximum absolute atomic E-state index is 11.2. The van der Waals surface area contributed by atoms with Gasteiger partial charge >= 0.3 is 12.1 Å². The van der Waals surface area contributed by atoms with Crippen molar-refractivity contribution in [2.45, 2.75) is 39.4 Å². The molecule has 1 heterocycles. The summed E-state index contributed by atoms with van der Waals surface area (Å²) in [7, 11) is 0. The van der Waals surface area contributed by atoms with Crippen LogP contribution in [-0.2, 0) is 19.0 Å². The lowest BCUT2D eigenvalue weighted by atomic mass is 9.90. The zero-order valence-electron chi connectivity index (χ0n) is 10.6. The van der Waals surface area contributed by atoms with Gasteiger partial charge in [-0.25, -0.2) is 9.59 Å². The van der Waals surface area contributed by atoms with Crippen LogP contribution >= 0.6 is 0 Å². The van der Waals surface area contributed by atoms with Gasteiger partial charge in [0.2, 0.25) is 0 Å². The fourth-order valence-electron chi connectivity index (χ4n) is 1.83. The van der Waals surface area contributed by atoms with Gasteiger partial charge in [0.05, 0.1) is 6.61 Å². The molecule has 0 aromatic rings. The number of hydrogen-bond acceptors (Lipinski definition) is 5. The molecule has 0 aromatic heterocycles. The first-order chi connectivity index (χ1) is 7.89. The molecule has 0 amide bonds. The molecule has 1 rings (SSSR count). The second-order valence-corrected chi connectivity index (χ2v) is 4.40. The van der Waals surface area contributed by atoms with Gasteiger partial charge in [-0.1, -0.05) is 13.8 Å². The highest BCUT2D eigenvalue weighted by Crippen LogP contribution is 2.32. The maximum Gasteiger partial charge on any atom is 0.509 e. The van der Waals surface area contributed by atoms with Gasteiger partial charge in [0, 0.05) is 6.08 Å². The molecule has 0 aliphatic carbocycles. The van der Waals surface area contributed by atoms with Gasteiger partial charge in [-0.15, -0.1) is 0 Å². The molecule has 96 valence electrons. The molecular formula is C12H18O5. The molecule has 5 heteroatoms. The predicted molar refractivity (Wildman–Crippen MR) is 60.4 cm³/mol. The molecule has 0 saturated carbocycles. The minimum absolute atomic E-state index is 0.0956. The van der Waals surface area contributed by atoms with E-state index < -0.39 is 23.8 Å². The lowest BCUT2D eigenvalue weighted by Crippen LogP contribution is -2.38. The summed E-state index contributed by atoms with van der Waals surface area (Å²) < 4.78 is 14.9. The number of rotatable bonds is 4. The third kappa shape index (κ3) is 3.22. The number of carbonyl (C=O) groups is 2. The highest BCUT2D eigenvalue weighted by Gasteiger charge is 2.47. The fourth-order valence-corrected chi connectivity index (χ4v) is 1.83. The Morgan fingerprint density at radius 3 is 2.76 bits per heavy atom. The minimum Gasteiger partial charge on any atom is -0.463 e. The van der Waals surface area contributed by atoms with Crippen LogP contribution in [-0.4, -0.2) is 30.4 Å². The predicted octanol–water partition coefficient (Wildman–Crippen LogP) is 2.06. The number of cyclic esters (lactones) is 2. The Kier molecular flexibility index (Phi) is 4.15. The smallest absolute Gasteiger partial charge is 0.463 e. The van der Waals surface area contributed by atoms with E-state index in [1.807, 2.05) is 13.8 Å². The monoisotopic (exact) mass is 242 g/mol. The summed E-state index contributed by atoms with van der Waals surface area (Å²) >= 11 is 0. The Bertz CT molecular complexity index is 334. The molecule has 5 nitrogen and oxygen atoms in total. The van der Waals surface area contributed by atoms with Crippen molar-refractivity contribution in [1.82, 2.24) is 0 Å². The average molecular weight is 242 g/mol. The normalized spacial score (nSPS) is 28.3. The van der Waals surface area contributed by atoms with Crippen LogP contribution in [0.5, 0.6) is 0 Å². The van der Waals surface area contributed by atoms with Gasteiger partial charge in [-0.3, -0.25) is 0 Å². The topological polar surface area (TPSA) is 61.8 Å². The zero-order valence-corrected chi connectivity index (χ0v) is 10.6. The van der Waals surface area contributed by atoms with Gasteiger partial charge in [0.1, 0.15) is 0 Å². The van der Waals surface area contributed by atoms with Crippen molar-refractivity contribution in [3.63, 3.8) is 0 Å². The Labute approximate surface area is 101 Å². The van der Waals surface area contributed by atoms with Crippen molar-refractivity contribution >= 4 is 12.1 Å². The first-order valence-electron chi connectivity index (χ1n) is 5.64. The summed E-state index contributed by atoms with van der Waals surface area (Å²) in [4.78, 5) is 22.4. The number of hydrogen-bond donors (Lipinski definition) is 0. The molecule has 2 atom stereocenters. The first-order valence-corrected chi connectivity index (χ1v) is 5.64. The van der Waals surface area contributed by atoms with Crippen molar-refractivity contribution in [3.8, 4) is 0 Å². The van der Waals surface area contributed by atoms with Crippen LogP contribution in [0.2, 0.25) is 0 Å². The summed E-state index contributed by atoms with van der Waals surface area (Å²) in [6, 6.07) is 0. The van der Waals surface area contributed by atoms with Crippen molar-refractivity contribution < 1.29 is 23.8 Å². The minimum atomic E-state index is -0.919. The lowest BCUT2D eigenvalue weighted by Gasteiger charge is -2.25. The van der Waals surface area contributed by atoms with E-state index >= 15 is 0 Å². The molecule has 0 N–H and O–H groups in total. The third-order valence-corrected chi connectivity index (χ3v) is 2.53. The Morgan fingerprint density at radius 2 is 2.24 bits per heavy atom. The van der Waals surface area contributed by atoms with Crippen LogP contribution in [0.25, 0.3) is 0 Å². The fraction of sp³-hybridized carbons (Fsp3) is 0.667. The third-order valence-electron chi connectivity index (χ3n) is 2.53. The van der Waals surface area contributed by atoms with Crippen LogP contribution in [0.15, 0.2) is 12.2 Å². The molecule has 1 aliphatic rings. The second-order valence-electron chi connectivity index (χ2n) is 4.40. The van der Waals surface area contributed by atoms with Crippen molar-refractivity contribution in [2.75, 3.05) is 6.61 Å². The van der Waals surface area contributed by atoms with E-state index in [1.54, 1.807) is 13.8 Å². The van der Waals surface area contributed by atoms with Gasteiger partial charge in [-0.2, -0.15) is 0 Å². The lowest BCUT2D eigenvalue weighted by molar-refractivity contribution is -0.137. The van der Waals surface area contributed by atoms with Crippen LogP contribution in [0.3, 0.4) is 0 Å². The van der Waals surface area contributed by atoms with Gasteiger partial charge in [0.15, 0.2) is 11.7 Å². The Morgan fingerprint density at radius 1 is 1.59 bits per heavy atom. The van der Waals surface area contributed by atoms with Crippen LogP contribution < -0.4 is 0 Å². The van der Waals surface area contributed by atoms with Crippen LogP contribution in [0, 0.1) is 5.92 Å². The van der Waals surface area contributed by atoms with E-state index in [-0.39, 0.29) is 5.92 Å². The largest absolute Gasteiger partial charge is 0.509 e. The summed E-state index contributed by atoms with van der Waals surface area (Å²) in [6.45, 7) is 7.58. The summed E-state index contributed by atoms with van der Waals surface area (Å²) in [5.74, 6) is -0.363. The highest BCUT2D eigenvalue weighted by atomic mass is 16.8. The molecule has 0 bridgehead atoms. The molecular weight excluding hydrogens is 224 g/mol.